The number of halogens is 2. The molecule has 168 valence electrons. The van der Waals surface area contributed by atoms with Crippen molar-refractivity contribution in [3.05, 3.63) is 78.1 Å². The molecular formula is C24H19F2N3O4. The van der Waals surface area contributed by atoms with Gasteiger partial charge in [0.1, 0.15) is 11.6 Å². The molecule has 1 aromatic heterocycles. The molecule has 3 heterocycles. The van der Waals surface area contributed by atoms with Gasteiger partial charge in [0.15, 0.2) is 11.5 Å². The van der Waals surface area contributed by atoms with Crippen LogP contribution in [-0.2, 0) is 16.1 Å². The van der Waals surface area contributed by atoms with Gasteiger partial charge in [0.25, 0.3) is 0 Å². The summed E-state index contributed by atoms with van der Waals surface area (Å²) in [4.78, 5) is 33.2. The van der Waals surface area contributed by atoms with Crippen LogP contribution in [-0.4, -0.2) is 30.1 Å². The molecule has 1 saturated heterocycles. The maximum atomic E-state index is 14.6. The van der Waals surface area contributed by atoms with Gasteiger partial charge in [-0.2, -0.15) is 0 Å². The fourth-order valence-electron chi connectivity index (χ4n) is 4.03. The van der Waals surface area contributed by atoms with E-state index in [1.54, 1.807) is 42.6 Å². The largest absolute Gasteiger partial charge is 0.454 e. The predicted molar refractivity (Wildman–Crippen MR) is 115 cm³/mol. The number of rotatable bonds is 5. The quantitative estimate of drug-likeness (QED) is 0.592. The van der Waals surface area contributed by atoms with Crippen molar-refractivity contribution in [2.24, 2.45) is 5.92 Å². The summed E-state index contributed by atoms with van der Waals surface area (Å²) in [5, 5.41) is 0. The Hall–Kier alpha value is -4.01. The van der Waals surface area contributed by atoms with Crippen LogP contribution in [0.4, 0.5) is 20.2 Å². The monoisotopic (exact) mass is 451 g/mol. The molecule has 0 N–H and O–H groups in total. The Morgan fingerprint density at radius 2 is 1.94 bits per heavy atom. The molecule has 33 heavy (non-hydrogen) atoms. The van der Waals surface area contributed by atoms with Crippen molar-refractivity contribution in [1.82, 2.24) is 4.98 Å². The zero-order chi connectivity index (χ0) is 22.9. The number of anilines is 2. The summed E-state index contributed by atoms with van der Waals surface area (Å²) >= 11 is 0. The molecule has 2 aromatic carbocycles. The second-order valence-electron chi connectivity index (χ2n) is 7.78. The lowest BCUT2D eigenvalue weighted by atomic mass is 10.1. The molecule has 2 aliphatic heterocycles. The normalized spacial score (nSPS) is 16.8. The van der Waals surface area contributed by atoms with Crippen LogP contribution < -0.4 is 19.3 Å². The first-order chi connectivity index (χ1) is 16.0. The van der Waals surface area contributed by atoms with Crippen molar-refractivity contribution in [3.8, 4) is 11.5 Å². The average molecular weight is 451 g/mol. The van der Waals surface area contributed by atoms with Crippen LogP contribution in [0.15, 0.2) is 60.8 Å². The lowest BCUT2D eigenvalue weighted by molar-refractivity contribution is -0.124. The van der Waals surface area contributed by atoms with Gasteiger partial charge >= 0.3 is 0 Å². The minimum Gasteiger partial charge on any atom is -0.454 e. The van der Waals surface area contributed by atoms with E-state index in [-0.39, 0.29) is 37.9 Å². The molecule has 2 aliphatic rings. The molecule has 2 amide bonds. The lowest BCUT2D eigenvalue weighted by Gasteiger charge is -2.26. The fourth-order valence-corrected chi connectivity index (χ4v) is 4.03. The molecule has 1 atom stereocenters. The van der Waals surface area contributed by atoms with Gasteiger partial charge in [-0.05, 0) is 36.4 Å². The smallest absolute Gasteiger partial charge is 0.232 e. The second-order valence-corrected chi connectivity index (χ2v) is 7.78. The number of hydrogen-bond acceptors (Lipinski definition) is 5. The average Bonchev–Trinajstić information content (AvgIpc) is 3.44. The maximum absolute atomic E-state index is 14.6. The molecule has 0 radical (unpaired) electrons. The molecule has 0 saturated carbocycles. The Morgan fingerprint density at radius 1 is 1.09 bits per heavy atom. The Balaban J connectivity index is 1.42. The lowest BCUT2D eigenvalue weighted by Crippen LogP contribution is -2.38. The van der Waals surface area contributed by atoms with Crippen LogP contribution in [0.3, 0.4) is 0 Å². The van der Waals surface area contributed by atoms with Gasteiger partial charge in [-0.1, -0.05) is 6.07 Å². The molecule has 0 spiro atoms. The van der Waals surface area contributed by atoms with Gasteiger partial charge in [0.2, 0.25) is 18.6 Å². The van der Waals surface area contributed by atoms with Crippen molar-refractivity contribution in [3.63, 3.8) is 0 Å². The summed E-state index contributed by atoms with van der Waals surface area (Å²) in [6, 6.07) is 13.4. The zero-order valence-electron chi connectivity index (χ0n) is 17.4. The van der Waals surface area contributed by atoms with Crippen molar-refractivity contribution >= 4 is 23.2 Å². The SMILES string of the molecule is O=C1CC(C(=O)N(Cc2ccccn2)c2ccc(F)cc2F)CN1c1ccc2c(c1)OCO2. The van der Waals surface area contributed by atoms with Crippen LogP contribution in [0.5, 0.6) is 11.5 Å². The van der Waals surface area contributed by atoms with Gasteiger partial charge in [0, 0.05) is 37.0 Å². The van der Waals surface area contributed by atoms with E-state index in [2.05, 4.69) is 4.98 Å². The van der Waals surface area contributed by atoms with Crippen molar-refractivity contribution in [2.75, 3.05) is 23.1 Å². The fraction of sp³-hybridized carbons (Fsp3) is 0.208. The zero-order valence-corrected chi connectivity index (χ0v) is 17.4. The van der Waals surface area contributed by atoms with E-state index in [4.69, 9.17) is 9.47 Å². The highest BCUT2D eigenvalue weighted by Gasteiger charge is 2.38. The molecule has 0 bridgehead atoms. The van der Waals surface area contributed by atoms with E-state index in [0.717, 1.165) is 12.1 Å². The van der Waals surface area contributed by atoms with E-state index in [0.29, 0.717) is 22.9 Å². The summed E-state index contributed by atoms with van der Waals surface area (Å²) < 4.78 is 38.8. The first-order valence-electron chi connectivity index (χ1n) is 10.4. The number of carbonyl (C=O) groups excluding carboxylic acids is 2. The van der Waals surface area contributed by atoms with Gasteiger partial charge in [-0.3, -0.25) is 14.6 Å². The number of fused-ring (bicyclic) bond motifs is 1. The third-order valence-corrected chi connectivity index (χ3v) is 5.65. The van der Waals surface area contributed by atoms with Crippen molar-refractivity contribution in [2.45, 2.75) is 13.0 Å². The van der Waals surface area contributed by atoms with E-state index < -0.39 is 23.5 Å². The standard InChI is InChI=1S/C24H19F2N3O4/c25-16-4-6-20(19(26)10-16)29(13-17-3-1-2-8-27-17)24(31)15-9-23(30)28(12-15)18-5-7-21-22(11-18)33-14-32-21/h1-8,10-11,15H,9,12-14H2. The number of amides is 2. The van der Waals surface area contributed by atoms with Crippen LogP contribution in [0.25, 0.3) is 0 Å². The van der Waals surface area contributed by atoms with E-state index >= 15 is 0 Å². The Kier molecular flexibility index (Phi) is 5.37. The van der Waals surface area contributed by atoms with Crippen molar-refractivity contribution in [1.29, 1.82) is 0 Å². The highest BCUT2D eigenvalue weighted by atomic mass is 19.1. The van der Waals surface area contributed by atoms with Gasteiger partial charge in [0.05, 0.1) is 23.8 Å². The first kappa shape index (κ1) is 20.9. The first-order valence-corrected chi connectivity index (χ1v) is 10.4. The van der Waals surface area contributed by atoms with Gasteiger partial charge in [-0.25, -0.2) is 8.78 Å². The van der Waals surface area contributed by atoms with Crippen molar-refractivity contribution < 1.29 is 27.8 Å². The molecular weight excluding hydrogens is 432 g/mol. The third-order valence-electron chi connectivity index (χ3n) is 5.65. The van der Waals surface area contributed by atoms with Gasteiger partial charge < -0.3 is 19.3 Å². The minimum absolute atomic E-state index is 0.0169. The summed E-state index contributed by atoms with van der Waals surface area (Å²) in [7, 11) is 0. The number of pyridine rings is 1. The summed E-state index contributed by atoms with van der Waals surface area (Å²) in [5.74, 6) is -1.88. The molecule has 1 unspecified atom stereocenters. The highest BCUT2D eigenvalue weighted by molar-refractivity contribution is 6.04. The van der Waals surface area contributed by atoms with Crippen LogP contribution in [0.1, 0.15) is 12.1 Å². The minimum atomic E-state index is -0.865. The highest BCUT2D eigenvalue weighted by Crippen LogP contribution is 2.37. The summed E-state index contributed by atoms with van der Waals surface area (Å²) in [6.45, 7) is 0.218. The summed E-state index contributed by atoms with van der Waals surface area (Å²) in [5.41, 5.74) is 1.05. The molecule has 7 nitrogen and oxygen atoms in total. The molecule has 5 rings (SSSR count). The number of benzene rings is 2. The van der Waals surface area contributed by atoms with Crippen LogP contribution >= 0.6 is 0 Å². The van der Waals surface area contributed by atoms with E-state index in [9.17, 15) is 18.4 Å². The van der Waals surface area contributed by atoms with Gasteiger partial charge in [-0.15, -0.1) is 0 Å². The predicted octanol–water partition coefficient (Wildman–Crippen LogP) is 3.67. The molecule has 1 fully saturated rings. The Morgan fingerprint density at radius 3 is 2.73 bits per heavy atom. The number of ether oxygens (including phenoxy) is 2. The molecule has 3 aromatic rings. The number of nitrogens with zero attached hydrogens (tertiary/aromatic N) is 3. The third kappa shape index (κ3) is 4.09. The number of hydrogen-bond donors (Lipinski definition) is 0. The van der Waals surface area contributed by atoms with E-state index in [1.807, 2.05) is 0 Å². The summed E-state index contributed by atoms with van der Waals surface area (Å²) in [6.07, 6.45) is 1.54. The van der Waals surface area contributed by atoms with E-state index in [1.165, 1.54) is 15.9 Å². The number of carbonyl (C=O) groups is 2. The Labute approximate surface area is 188 Å². The van der Waals surface area contributed by atoms with Crippen LogP contribution in [0.2, 0.25) is 0 Å². The number of aromatic nitrogens is 1. The second kappa shape index (κ2) is 8.50. The molecule has 9 heteroatoms. The van der Waals surface area contributed by atoms with Crippen LogP contribution in [0, 0.1) is 17.6 Å². The molecule has 0 aliphatic carbocycles. The Bertz CT molecular complexity index is 1220. The topological polar surface area (TPSA) is 72.0 Å². The maximum Gasteiger partial charge on any atom is 0.232 e.